The van der Waals surface area contributed by atoms with Gasteiger partial charge in [0.05, 0.1) is 6.29 Å². The van der Waals surface area contributed by atoms with Gasteiger partial charge < -0.3 is 0 Å². The summed E-state index contributed by atoms with van der Waals surface area (Å²) in [5, 5.41) is 0. The Bertz CT molecular complexity index is 44.9. The molecule has 0 aliphatic carbocycles. The summed E-state index contributed by atoms with van der Waals surface area (Å²) >= 11 is 0. The van der Waals surface area contributed by atoms with Crippen LogP contribution >= 0.6 is 8.58 Å². The molecule has 1 atom stereocenters. The highest BCUT2D eigenvalue weighted by Crippen LogP contribution is 2.11. The van der Waals surface area contributed by atoms with Crippen molar-refractivity contribution in [2.75, 3.05) is 12.4 Å². The van der Waals surface area contributed by atoms with Gasteiger partial charge >= 0.3 is 0 Å². The molecule has 0 amide bonds. The van der Waals surface area contributed by atoms with Crippen molar-refractivity contribution in [1.29, 1.82) is 0 Å². The summed E-state index contributed by atoms with van der Waals surface area (Å²) in [5.41, 5.74) is 0. The van der Waals surface area contributed by atoms with Crippen LogP contribution in [-0.2, 0) is 0 Å². The normalized spacial score (nSPS) is 25.6. The fourth-order valence-corrected chi connectivity index (χ4v) is 0.968. The van der Waals surface area contributed by atoms with Gasteiger partial charge in [-0.2, -0.15) is 0 Å². The summed E-state index contributed by atoms with van der Waals surface area (Å²) in [7, 11) is 1.09. The van der Waals surface area contributed by atoms with Gasteiger partial charge in [-0.15, -0.1) is 0 Å². The first-order chi connectivity index (χ1) is 2.50. The van der Waals surface area contributed by atoms with Gasteiger partial charge in [-0.1, -0.05) is 8.58 Å². The summed E-state index contributed by atoms with van der Waals surface area (Å²) in [4.78, 5) is 3.97. The highest BCUT2D eigenvalue weighted by Gasteiger charge is 1.85. The average Bonchev–Trinajstić information content (AvgIpc) is 1.76. The predicted octanol–water partition coefficient (Wildman–Crippen LogP) is 0.707. The van der Waals surface area contributed by atoms with Gasteiger partial charge in [0.15, 0.2) is 0 Å². The molecule has 0 saturated carbocycles. The van der Waals surface area contributed by atoms with Crippen molar-refractivity contribution < 1.29 is 0 Å². The molecule has 1 aliphatic heterocycles. The second-order valence-electron chi connectivity index (χ2n) is 0.977. The molecule has 1 heterocycles. The van der Waals surface area contributed by atoms with Crippen LogP contribution < -0.4 is 0 Å². The third kappa shape index (κ3) is 0.695. The minimum absolute atomic E-state index is 1.09. The second-order valence-corrected chi connectivity index (χ2v) is 2.20. The summed E-state index contributed by atoms with van der Waals surface area (Å²) in [6.07, 6.45) is 4.33. The standard InChI is InChI=1S/C3H6NP/c1-2-5-3-4-1/h1,5H,2-3H2. The molecule has 1 nitrogen and oxygen atoms in total. The summed E-state index contributed by atoms with van der Waals surface area (Å²) in [6, 6.07) is 0. The number of nitrogens with zero attached hydrogens (tertiary/aromatic N) is 1. The zero-order valence-corrected chi connectivity index (χ0v) is 3.94. The Morgan fingerprint density at radius 1 is 1.80 bits per heavy atom. The van der Waals surface area contributed by atoms with Crippen molar-refractivity contribution in [2.45, 2.75) is 0 Å². The highest BCUT2D eigenvalue weighted by atomic mass is 31.1. The molecule has 0 saturated heterocycles. The third-order valence-electron chi connectivity index (χ3n) is 0.568. The Hall–Kier alpha value is 0.100. The maximum Gasteiger partial charge on any atom is 0.0556 e. The lowest BCUT2D eigenvalue weighted by atomic mass is 10.9. The van der Waals surface area contributed by atoms with Crippen LogP contribution in [0.5, 0.6) is 0 Å². The summed E-state index contributed by atoms with van der Waals surface area (Å²) < 4.78 is 0. The van der Waals surface area contributed by atoms with Gasteiger partial charge in [0.25, 0.3) is 0 Å². The van der Waals surface area contributed by atoms with Crippen LogP contribution in [0.3, 0.4) is 0 Å². The van der Waals surface area contributed by atoms with Crippen molar-refractivity contribution >= 4 is 14.8 Å². The van der Waals surface area contributed by atoms with Gasteiger partial charge in [-0.25, -0.2) is 0 Å². The van der Waals surface area contributed by atoms with Crippen LogP contribution in [-0.4, -0.2) is 18.7 Å². The lowest BCUT2D eigenvalue weighted by Crippen LogP contribution is -1.59. The van der Waals surface area contributed by atoms with E-state index >= 15 is 0 Å². The maximum absolute atomic E-state index is 3.97. The molecule has 28 valence electrons. The fourth-order valence-electron chi connectivity index (χ4n) is 0.323. The quantitative estimate of drug-likeness (QED) is 0.386. The van der Waals surface area contributed by atoms with Gasteiger partial charge in [-0.05, 0) is 0 Å². The van der Waals surface area contributed by atoms with E-state index in [0.29, 0.717) is 0 Å². The largest absolute Gasteiger partial charge is 0.293 e. The topological polar surface area (TPSA) is 12.4 Å². The molecule has 0 aromatic carbocycles. The van der Waals surface area contributed by atoms with Crippen molar-refractivity contribution in [1.82, 2.24) is 0 Å². The van der Waals surface area contributed by atoms with Gasteiger partial charge in [0.1, 0.15) is 0 Å². The van der Waals surface area contributed by atoms with Crippen LogP contribution in [0.2, 0.25) is 0 Å². The monoisotopic (exact) mass is 87.0 g/mol. The molecular formula is C3H6NP. The Morgan fingerprint density at radius 2 is 2.80 bits per heavy atom. The van der Waals surface area contributed by atoms with Crippen molar-refractivity contribution in [3.05, 3.63) is 0 Å². The molecule has 5 heavy (non-hydrogen) atoms. The number of hydrogen-bond acceptors (Lipinski definition) is 1. The van der Waals surface area contributed by atoms with Crippen LogP contribution in [0.15, 0.2) is 4.99 Å². The zero-order valence-electron chi connectivity index (χ0n) is 2.94. The molecule has 0 aromatic rings. The van der Waals surface area contributed by atoms with Crippen LogP contribution in [0.4, 0.5) is 0 Å². The van der Waals surface area contributed by atoms with E-state index in [2.05, 4.69) is 4.99 Å². The van der Waals surface area contributed by atoms with E-state index in [4.69, 9.17) is 0 Å². The van der Waals surface area contributed by atoms with Gasteiger partial charge in [0, 0.05) is 12.4 Å². The van der Waals surface area contributed by atoms with E-state index in [1.54, 1.807) is 0 Å². The molecule has 1 unspecified atom stereocenters. The van der Waals surface area contributed by atoms with Gasteiger partial charge in [-0.3, -0.25) is 4.99 Å². The van der Waals surface area contributed by atoms with Crippen molar-refractivity contribution in [3.63, 3.8) is 0 Å². The molecule has 0 aromatic heterocycles. The molecule has 2 heteroatoms. The second kappa shape index (κ2) is 1.51. The minimum atomic E-state index is 1.09. The Balaban J connectivity index is 2.32. The van der Waals surface area contributed by atoms with E-state index in [1.807, 2.05) is 6.21 Å². The Morgan fingerprint density at radius 3 is 3.00 bits per heavy atom. The maximum atomic E-state index is 3.97. The number of hydrogen-bond donors (Lipinski definition) is 0. The number of aliphatic imine (C=N–C) groups is 1. The molecular weight excluding hydrogens is 81.0 g/mol. The molecule has 1 aliphatic rings. The lowest BCUT2D eigenvalue weighted by molar-refractivity contribution is 1.42. The fraction of sp³-hybridized carbons (Fsp3) is 0.667. The molecule has 0 fully saturated rings. The average molecular weight is 87.1 g/mol. The van der Waals surface area contributed by atoms with Gasteiger partial charge in [0.2, 0.25) is 0 Å². The zero-order chi connectivity index (χ0) is 3.54. The Kier molecular flexibility index (Phi) is 0.999. The molecule has 1 rings (SSSR count). The first-order valence-electron chi connectivity index (χ1n) is 1.69. The molecule has 0 bridgehead atoms. The highest BCUT2D eigenvalue weighted by molar-refractivity contribution is 7.39. The first kappa shape index (κ1) is 3.30. The number of rotatable bonds is 0. The van der Waals surface area contributed by atoms with E-state index < -0.39 is 0 Å². The molecule has 0 radical (unpaired) electrons. The summed E-state index contributed by atoms with van der Waals surface area (Å²) in [5.74, 6) is 0. The summed E-state index contributed by atoms with van der Waals surface area (Å²) in [6.45, 7) is 0. The smallest absolute Gasteiger partial charge is 0.0556 e. The SMILES string of the molecule is C1=NCPC1. The van der Waals surface area contributed by atoms with Crippen LogP contribution in [0.1, 0.15) is 0 Å². The third-order valence-corrected chi connectivity index (χ3v) is 1.45. The predicted molar refractivity (Wildman–Crippen MR) is 26.5 cm³/mol. The van der Waals surface area contributed by atoms with E-state index in [-0.39, 0.29) is 0 Å². The lowest BCUT2D eigenvalue weighted by Gasteiger charge is -1.68. The molecule has 0 N–H and O–H groups in total. The van der Waals surface area contributed by atoms with E-state index in [0.717, 1.165) is 14.9 Å². The van der Waals surface area contributed by atoms with Crippen LogP contribution in [0, 0.1) is 0 Å². The molecule has 0 spiro atoms. The first-order valence-corrected chi connectivity index (χ1v) is 3.10. The van der Waals surface area contributed by atoms with E-state index in [1.165, 1.54) is 6.16 Å². The Labute approximate surface area is 33.3 Å². The van der Waals surface area contributed by atoms with E-state index in [9.17, 15) is 0 Å². The van der Waals surface area contributed by atoms with Crippen molar-refractivity contribution in [2.24, 2.45) is 4.99 Å². The van der Waals surface area contributed by atoms with Crippen molar-refractivity contribution in [3.8, 4) is 0 Å². The minimum Gasteiger partial charge on any atom is -0.293 e. The van der Waals surface area contributed by atoms with Crippen LogP contribution in [0.25, 0.3) is 0 Å².